The minimum Gasteiger partial charge on any atom is -0.507 e. The van der Waals surface area contributed by atoms with Gasteiger partial charge in [0.05, 0.1) is 4.47 Å². The van der Waals surface area contributed by atoms with E-state index in [0.29, 0.717) is 4.47 Å². The first-order chi connectivity index (χ1) is 7.58. The maximum Gasteiger partial charge on any atom is 0.129 e. The quantitative estimate of drug-likeness (QED) is 0.810. The molecule has 2 N–H and O–H groups in total. The standard InChI is InChI=1S/C12H8Br2O2/c13-8-2-4-11(15)9(6-8)7-1-3-12(16)10(14)5-7/h1-6,15-16H. The van der Waals surface area contributed by atoms with Crippen molar-refractivity contribution in [3.8, 4) is 22.6 Å². The minimum atomic E-state index is 0.179. The van der Waals surface area contributed by atoms with E-state index in [1.807, 2.05) is 6.07 Å². The summed E-state index contributed by atoms with van der Waals surface area (Å²) in [5, 5.41) is 19.1. The fourth-order valence-corrected chi connectivity index (χ4v) is 2.15. The molecule has 2 rings (SSSR count). The number of benzene rings is 2. The number of rotatable bonds is 1. The molecule has 0 saturated heterocycles. The van der Waals surface area contributed by atoms with Crippen molar-refractivity contribution in [3.05, 3.63) is 45.3 Å². The molecule has 2 aromatic rings. The highest BCUT2D eigenvalue weighted by Crippen LogP contribution is 2.35. The SMILES string of the molecule is Oc1ccc(-c2cc(Br)ccc2O)cc1Br. The summed E-state index contributed by atoms with van der Waals surface area (Å²) in [5.41, 5.74) is 1.55. The Morgan fingerprint density at radius 2 is 1.50 bits per heavy atom. The van der Waals surface area contributed by atoms with Crippen LogP contribution < -0.4 is 0 Å². The van der Waals surface area contributed by atoms with Crippen molar-refractivity contribution in [1.29, 1.82) is 0 Å². The first-order valence-electron chi connectivity index (χ1n) is 4.55. The van der Waals surface area contributed by atoms with E-state index in [-0.39, 0.29) is 11.5 Å². The van der Waals surface area contributed by atoms with Crippen LogP contribution in [-0.4, -0.2) is 10.2 Å². The molecule has 0 radical (unpaired) electrons. The van der Waals surface area contributed by atoms with Gasteiger partial charge in [0.2, 0.25) is 0 Å². The number of phenols is 2. The Morgan fingerprint density at radius 3 is 2.19 bits per heavy atom. The Bertz CT molecular complexity index is 539. The molecule has 0 fully saturated rings. The topological polar surface area (TPSA) is 40.5 Å². The summed E-state index contributed by atoms with van der Waals surface area (Å²) in [6.07, 6.45) is 0. The summed E-state index contributed by atoms with van der Waals surface area (Å²) < 4.78 is 1.49. The zero-order valence-corrected chi connectivity index (χ0v) is 11.3. The third kappa shape index (κ3) is 2.23. The van der Waals surface area contributed by atoms with Crippen molar-refractivity contribution in [2.45, 2.75) is 0 Å². The normalized spacial score (nSPS) is 10.4. The predicted molar refractivity (Wildman–Crippen MR) is 70.6 cm³/mol. The van der Waals surface area contributed by atoms with Crippen LogP contribution in [0, 0.1) is 0 Å². The number of hydrogen-bond donors (Lipinski definition) is 2. The molecule has 0 aliphatic carbocycles. The van der Waals surface area contributed by atoms with E-state index in [1.165, 1.54) is 0 Å². The zero-order valence-electron chi connectivity index (χ0n) is 8.11. The average molecular weight is 344 g/mol. The molecule has 0 bridgehead atoms. The van der Waals surface area contributed by atoms with Gasteiger partial charge < -0.3 is 10.2 Å². The lowest BCUT2D eigenvalue weighted by Gasteiger charge is -2.06. The molecule has 0 heterocycles. The fraction of sp³-hybridized carbons (Fsp3) is 0. The van der Waals surface area contributed by atoms with Crippen molar-refractivity contribution in [2.24, 2.45) is 0 Å². The van der Waals surface area contributed by atoms with E-state index < -0.39 is 0 Å². The van der Waals surface area contributed by atoms with Crippen molar-refractivity contribution in [3.63, 3.8) is 0 Å². The van der Waals surface area contributed by atoms with Crippen LogP contribution in [0.1, 0.15) is 0 Å². The van der Waals surface area contributed by atoms with E-state index in [0.717, 1.165) is 15.6 Å². The monoisotopic (exact) mass is 342 g/mol. The van der Waals surface area contributed by atoms with Crippen LogP contribution >= 0.6 is 31.9 Å². The number of aromatic hydroxyl groups is 2. The van der Waals surface area contributed by atoms with Gasteiger partial charge in [-0.05, 0) is 51.8 Å². The molecular formula is C12H8Br2O2. The fourth-order valence-electron chi connectivity index (χ4n) is 1.41. The van der Waals surface area contributed by atoms with Gasteiger partial charge in [-0.15, -0.1) is 0 Å². The molecule has 0 unspecified atom stereocenters. The predicted octanol–water partition coefficient (Wildman–Crippen LogP) is 4.29. The van der Waals surface area contributed by atoms with Gasteiger partial charge in [0, 0.05) is 10.0 Å². The van der Waals surface area contributed by atoms with E-state index in [1.54, 1.807) is 30.3 Å². The Kier molecular flexibility index (Phi) is 3.21. The first-order valence-corrected chi connectivity index (χ1v) is 6.14. The molecule has 0 spiro atoms. The van der Waals surface area contributed by atoms with Gasteiger partial charge in [0.25, 0.3) is 0 Å². The van der Waals surface area contributed by atoms with Crippen LogP contribution in [0.3, 0.4) is 0 Å². The van der Waals surface area contributed by atoms with Crippen LogP contribution in [0.4, 0.5) is 0 Å². The Balaban J connectivity index is 2.58. The molecule has 0 aliphatic rings. The second kappa shape index (κ2) is 4.47. The summed E-state index contributed by atoms with van der Waals surface area (Å²) in [4.78, 5) is 0. The lowest BCUT2D eigenvalue weighted by molar-refractivity contribution is 0.471. The smallest absolute Gasteiger partial charge is 0.129 e. The summed E-state index contributed by atoms with van der Waals surface area (Å²) in [5.74, 6) is 0.388. The van der Waals surface area contributed by atoms with E-state index in [4.69, 9.17) is 0 Å². The Morgan fingerprint density at radius 1 is 0.812 bits per heavy atom. The van der Waals surface area contributed by atoms with E-state index in [2.05, 4.69) is 31.9 Å². The van der Waals surface area contributed by atoms with Crippen LogP contribution in [0.25, 0.3) is 11.1 Å². The molecule has 0 aromatic heterocycles. The largest absolute Gasteiger partial charge is 0.507 e. The molecule has 2 nitrogen and oxygen atoms in total. The van der Waals surface area contributed by atoms with Gasteiger partial charge in [-0.2, -0.15) is 0 Å². The van der Waals surface area contributed by atoms with Crippen LogP contribution in [0.15, 0.2) is 45.3 Å². The lowest BCUT2D eigenvalue weighted by Crippen LogP contribution is -1.80. The molecule has 0 aliphatic heterocycles. The molecule has 0 atom stereocenters. The Hall–Kier alpha value is -1.00. The van der Waals surface area contributed by atoms with Gasteiger partial charge in [0.15, 0.2) is 0 Å². The van der Waals surface area contributed by atoms with Crippen LogP contribution in [0.5, 0.6) is 11.5 Å². The highest BCUT2D eigenvalue weighted by atomic mass is 79.9. The van der Waals surface area contributed by atoms with Crippen LogP contribution in [0.2, 0.25) is 0 Å². The second-order valence-corrected chi connectivity index (χ2v) is 5.10. The second-order valence-electron chi connectivity index (χ2n) is 3.33. The molecule has 16 heavy (non-hydrogen) atoms. The van der Waals surface area contributed by atoms with Gasteiger partial charge in [-0.1, -0.05) is 22.0 Å². The highest BCUT2D eigenvalue weighted by molar-refractivity contribution is 9.10. The maximum atomic E-state index is 9.75. The van der Waals surface area contributed by atoms with E-state index >= 15 is 0 Å². The molecular weight excluding hydrogens is 336 g/mol. The van der Waals surface area contributed by atoms with Gasteiger partial charge in [0.1, 0.15) is 11.5 Å². The van der Waals surface area contributed by atoms with Crippen molar-refractivity contribution < 1.29 is 10.2 Å². The number of halogens is 2. The first kappa shape index (κ1) is 11.5. The number of hydrogen-bond acceptors (Lipinski definition) is 2. The summed E-state index contributed by atoms with van der Waals surface area (Å²) in [6, 6.07) is 10.3. The molecule has 0 amide bonds. The van der Waals surface area contributed by atoms with E-state index in [9.17, 15) is 10.2 Å². The third-order valence-electron chi connectivity index (χ3n) is 2.22. The summed E-state index contributed by atoms with van der Waals surface area (Å²) >= 11 is 6.60. The van der Waals surface area contributed by atoms with Crippen molar-refractivity contribution in [2.75, 3.05) is 0 Å². The highest BCUT2D eigenvalue weighted by Gasteiger charge is 2.07. The zero-order chi connectivity index (χ0) is 11.7. The van der Waals surface area contributed by atoms with Crippen molar-refractivity contribution in [1.82, 2.24) is 0 Å². The average Bonchev–Trinajstić information content (AvgIpc) is 2.26. The number of phenolic OH excluding ortho intramolecular Hbond substituents is 2. The van der Waals surface area contributed by atoms with Gasteiger partial charge in [-0.3, -0.25) is 0 Å². The van der Waals surface area contributed by atoms with Gasteiger partial charge >= 0.3 is 0 Å². The molecule has 2 aromatic carbocycles. The third-order valence-corrected chi connectivity index (χ3v) is 3.35. The van der Waals surface area contributed by atoms with Crippen molar-refractivity contribution >= 4 is 31.9 Å². The summed E-state index contributed by atoms with van der Waals surface area (Å²) in [7, 11) is 0. The minimum absolute atomic E-state index is 0.179. The summed E-state index contributed by atoms with van der Waals surface area (Å²) in [6.45, 7) is 0. The Labute approximate surface area is 110 Å². The molecule has 82 valence electrons. The van der Waals surface area contributed by atoms with Crippen LogP contribution in [-0.2, 0) is 0 Å². The van der Waals surface area contributed by atoms with Gasteiger partial charge in [-0.25, -0.2) is 0 Å². The maximum absolute atomic E-state index is 9.75. The molecule has 0 saturated carbocycles. The molecule has 4 heteroatoms. The lowest BCUT2D eigenvalue weighted by atomic mass is 10.0.